The first kappa shape index (κ1) is 17.4. The van der Waals surface area contributed by atoms with E-state index in [1.165, 1.54) is 5.56 Å². The summed E-state index contributed by atoms with van der Waals surface area (Å²) in [5, 5.41) is 10.1. The summed E-state index contributed by atoms with van der Waals surface area (Å²) in [6.45, 7) is 5.18. The number of fused-ring (bicyclic) bond motifs is 1. The molecule has 5 nitrogen and oxygen atoms in total. The quantitative estimate of drug-likeness (QED) is 0.836. The first-order valence-corrected chi connectivity index (χ1v) is 8.43. The summed E-state index contributed by atoms with van der Waals surface area (Å²) in [6, 6.07) is 6.29. The van der Waals surface area contributed by atoms with Gasteiger partial charge in [0.15, 0.2) is 11.5 Å². The number of hydrogen-bond acceptors (Lipinski definition) is 5. The van der Waals surface area contributed by atoms with Crippen molar-refractivity contribution in [3.63, 3.8) is 0 Å². The molecule has 1 aromatic heterocycles. The maximum absolute atomic E-state index is 9.58. The second kappa shape index (κ2) is 6.81. The Labute approximate surface area is 152 Å². The van der Waals surface area contributed by atoms with Gasteiger partial charge >= 0.3 is 0 Å². The van der Waals surface area contributed by atoms with Crippen LogP contribution in [-0.2, 0) is 13.0 Å². The van der Waals surface area contributed by atoms with Crippen molar-refractivity contribution in [2.24, 2.45) is 0 Å². The number of aryl methyl sites for hydroxylation is 1. The van der Waals surface area contributed by atoms with Gasteiger partial charge in [0.25, 0.3) is 0 Å². The van der Waals surface area contributed by atoms with Crippen molar-refractivity contribution in [1.82, 2.24) is 4.98 Å². The summed E-state index contributed by atoms with van der Waals surface area (Å²) in [7, 11) is 3.27. The van der Waals surface area contributed by atoms with Gasteiger partial charge < -0.3 is 14.4 Å². The molecule has 3 rings (SSSR count). The second-order valence-electron chi connectivity index (χ2n) is 6.09. The molecule has 0 unspecified atom stereocenters. The summed E-state index contributed by atoms with van der Waals surface area (Å²) in [4.78, 5) is 6.72. The molecule has 0 atom stereocenters. The van der Waals surface area contributed by atoms with Crippen LogP contribution in [0.4, 0.5) is 5.82 Å². The Kier molecular flexibility index (Phi) is 4.73. The third-order valence-electron chi connectivity index (χ3n) is 4.65. The van der Waals surface area contributed by atoms with Crippen LogP contribution in [0.3, 0.4) is 0 Å². The predicted molar refractivity (Wildman–Crippen MR) is 97.7 cm³/mol. The number of rotatable bonds is 3. The lowest BCUT2D eigenvalue weighted by atomic mass is 9.98. The number of ether oxygens (including phenoxy) is 2. The fourth-order valence-corrected chi connectivity index (χ4v) is 3.38. The summed E-state index contributed by atoms with van der Waals surface area (Å²) >= 11 is 6.26. The molecular formula is C19H20ClN3O2. The lowest BCUT2D eigenvalue weighted by molar-refractivity contribution is 0.353. The van der Waals surface area contributed by atoms with Crippen LogP contribution in [0, 0.1) is 25.2 Å². The number of pyridine rings is 1. The molecule has 130 valence electrons. The zero-order valence-electron chi connectivity index (χ0n) is 14.8. The van der Waals surface area contributed by atoms with Gasteiger partial charge in [0.2, 0.25) is 0 Å². The van der Waals surface area contributed by atoms with Crippen LogP contribution in [0.1, 0.15) is 27.9 Å². The lowest BCUT2D eigenvalue weighted by Gasteiger charge is -2.31. The third kappa shape index (κ3) is 2.98. The molecule has 0 saturated carbocycles. The van der Waals surface area contributed by atoms with Gasteiger partial charge in [0.05, 0.1) is 30.5 Å². The van der Waals surface area contributed by atoms with Crippen LogP contribution in [-0.4, -0.2) is 25.7 Å². The van der Waals surface area contributed by atoms with Crippen molar-refractivity contribution in [2.75, 3.05) is 25.7 Å². The van der Waals surface area contributed by atoms with Crippen molar-refractivity contribution in [1.29, 1.82) is 5.26 Å². The Morgan fingerprint density at radius 2 is 1.80 bits per heavy atom. The molecule has 0 bridgehead atoms. The van der Waals surface area contributed by atoms with E-state index in [9.17, 15) is 5.26 Å². The molecule has 0 spiro atoms. The van der Waals surface area contributed by atoms with Crippen molar-refractivity contribution in [3.8, 4) is 17.6 Å². The average Bonchev–Trinajstić information content (AvgIpc) is 2.64. The van der Waals surface area contributed by atoms with Gasteiger partial charge in [-0.15, -0.1) is 0 Å². The minimum atomic E-state index is 0.541. The number of nitrogens with zero attached hydrogens (tertiary/aromatic N) is 3. The summed E-state index contributed by atoms with van der Waals surface area (Å²) in [5.41, 5.74) is 4.45. The highest BCUT2D eigenvalue weighted by Crippen LogP contribution is 2.36. The van der Waals surface area contributed by atoms with E-state index in [1.807, 2.05) is 26.0 Å². The predicted octanol–water partition coefficient (Wildman–Crippen LogP) is 3.80. The zero-order valence-corrected chi connectivity index (χ0v) is 15.6. The number of nitriles is 1. The standard InChI is InChI=1S/C19H20ClN3O2/c1-11-15(9-21)19(22-12(2)18(11)20)23-6-5-13-7-16(24-3)17(25-4)8-14(13)10-23/h7-8H,5-6,10H2,1-4H3. The molecule has 2 aromatic rings. The number of benzene rings is 1. The normalized spacial score (nSPS) is 13.2. The Bertz CT molecular complexity index is 874. The largest absolute Gasteiger partial charge is 0.493 e. The van der Waals surface area contributed by atoms with Crippen LogP contribution in [0.5, 0.6) is 11.5 Å². The fraction of sp³-hybridized carbons (Fsp3) is 0.368. The summed E-state index contributed by atoms with van der Waals surface area (Å²) in [5.74, 6) is 2.14. The van der Waals surface area contributed by atoms with Crippen LogP contribution < -0.4 is 14.4 Å². The molecule has 6 heteroatoms. The van der Waals surface area contributed by atoms with E-state index in [1.54, 1.807) is 14.2 Å². The van der Waals surface area contributed by atoms with Crippen LogP contribution in [0.15, 0.2) is 12.1 Å². The maximum Gasteiger partial charge on any atom is 0.161 e. The Morgan fingerprint density at radius 1 is 1.16 bits per heavy atom. The van der Waals surface area contributed by atoms with E-state index in [2.05, 4.69) is 16.0 Å². The van der Waals surface area contributed by atoms with Crippen LogP contribution in [0.2, 0.25) is 5.02 Å². The van der Waals surface area contributed by atoms with Crippen LogP contribution in [0.25, 0.3) is 0 Å². The average molecular weight is 358 g/mol. The molecule has 1 aliphatic heterocycles. The van der Waals surface area contributed by atoms with Gasteiger partial charge in [0, 0.05) is 13.1 Å². The van der Waals surface area contributed by atoms with Crippen molar-refractivity contribution in [3.05, 3.63) is 45.1 Å². The number of aromatic nitrogens is 1. The van der Waals surface area contributed by atoms with Gasteiger partial charge in [-0.2, -0.15) is 5.26 Å². The van der Waals surface area contributed by atoms with Gasteiger partial charge in [-0.3, -0.25) is 0 Å². The Hall–Kier alpha value is -2.45. The molecule has 0 aliphatic carbocycles. The number of anilines is 1. The molecule has 1 aliphatic rings. The molecule has 0 saturated heterocycles. The molecule has 0 amide bonds. The maximum atomic E-state index is 9.58. The van der Waals surface area contributed by atoms with E-state index < -0.39 is 0 Å². The second-order valence-corrected chi connectivity index (χ2v) is 6.47. The summed E-state index contributed by atoms with van der Waals surface area (Å²) in [6.07, 6.45) is 0.850. The fourth-order valence-electron chi connectivity index (χ4n) is 3.24. The van der Waals surface area contributed by atoms with Gasteiger partial charge in [0.1, 0.15) is 11.9 Å². The van der Waals surface area contributed by atoms with E-state index in [0.29, 0.717) is 28.7 Å². The molecule has 0 fully saturated rings. The van der Waals surface area contributed by atoms with E-state index in [0.717, 1.165) is 35.5 Å². The highest BCUT2D eigenvalue weighted by molar-refractivity contribution is 6.32. The first-order valence-electron chi connectivity index (χ1n) is 8.05. The number of hydrogen-bond donors (Lipinski definition) is 0. The molecule has 1 aromatic carbocycles. The van der Waals surface area contributed by atoms with Crippen LogP contribution >= 0.6 is 11.6 Å². The van der Waals surface area contributed by atoms with Crippen molar-refractivity contribution >= 4 is 17.4 Å². The van der Waals surface area contributed by atoms with Crippen molar-refractivity contribution in [2.45, 2.75) is 26.8 Å². The molecule has 2 heterocycles. The third-order valence-corrected chi connectivity index (χ3v) is 5.21. The minimum absolute atomic E-state index is 0.541. The monoisotopic (exact) mass is 357 g/mol. The summed E-state index contributed by atoms with van der Waals surface area (Å²) < 4.78 is 10.8. The first-order chi connectivity index (χ1) is 12.0. The molecule has 0 N–H and O–H groups in total. The smallest absolute Gasteiger partial charge is 0.161 e. The van der Waals surface area contributed by atoms with Crippen molar-refractivity contribution < 1.29 is 9.47 Å². The van der Waals surface area contributed by atoms with Gasteiger partial charge in [-0.05, 0) is 49.1 Å². The number of methoxy groups -OCH3 is 2. The topological polar surface area (TPSA) is 58.4 Å². The Morgan fingerprint density at radius 3 is 2.40 bits per heavy atom. The molecular weight excluding hydrogens is 338 g/mol. The number of halogens is 1. The molecule has 0 radical (unpaired) electrons. The lowest BCUT2D eigenvalue weighted by Crippen LogP contribution is -2.32. The van der Waals surface area contributed by atoms with E-state index >= 15 is 0 Å². The minimum Gasteiger partial charge on any atom is -0.493 e. The highest BCUT2D eigenvalue weighted by Gasteiger charge is 2.24. The SMILES string of the molecule is COc1cc2c(cc1OC)CN(c1nc(C)c(Cl)c(C)c1C#N)CC2. The van der Waals surface area contributed by atoms with Gasteiger partial charge in [-0.25, -0.2) is 4.98 Å². The van der Waals surface area contributed by atoms with E-state index in [4.69, 9.17) is 21.1 Å². The Balaban J connectivity index is 2.03. The zero-order chi connectivity index (χ0) is 18.1. The molecule has 25 heavy (non-hydrogen) atoms. The van der Waals surface area contributed by atoms with E-state index in [-0.39, 0.29) is 0 Å². The van der Waals surface area contributed by atoms with Gasteiger partial charge in [-0.1, -0.05) is 11.6 Å². The highest BCUT2D eigenvalue weighted by atomic mass is 35.5.